The molecule has 0 aliphatic heterocycles. The number of rotatable bonds is 6. The van der Waals surface area contributed by atoms with Gasteiger partial charge in [0.1, 0.15) is 11.5 Å². The van der Waals surface area contributed by atoms with Crippen molar-refractivity contribution in [1.82, 2.24) is 0 Å². The Labute approximate surface area is 135 Å². The van der Waals surface area contributed by atoms with Crippen molar-refractivity contribution in [3.63, 3.8) is 0 Å². The van der Waals surface area contributed by atoms with E-state index in [1.807, 2.05) is 0 Å². The van der Waals surface area contributed by atoms with Gasteiger partial charge in [-0.05, 0) is 42.3 Å². The molecule has 0 saturated heterocycles. The summed E-state index contributed by atoms with van der Waals surface area (Å²) in [5.41, 5.74) is 1.53. The van der Waals surface area contributed by atoms with E-state index in [0.717, 1.165) is 5.56 Å². The van der Waals surface area contributed by atoms with Crippen molar-refractivity contribution in [2.24, 2.45) is 10.1 Å². The fourth-order valence-electron chi connectivity index (χ4n) is 1.97. The number of primary sulfonamides is 1. The number of phenols is 1. The minimum atomic E-state index is -3.66. The van der Waals surface area contributed by atoms with Crippen LogP contribution in [0.5, 0.6) is 11.5 Å². The van der Waals surface area contributed by atoms with Crippen molar-refractivity contribution in [3.05, 3.63) is 53.6 Å². The largest absolute Gasteiger partial charge is 0.507 e. The molecule has 0 spiro atoms. The van der Waals surface area contributed by atoms with E-state index in [0.29, 0.717) is 24.3 Å². The summed E-state index contributed by atoms with van der Waals surface area (Å²) < 4.78 is 27.4. The molecule has 0 aromatic heterocycles. The van der Waals surface area contributed by atoms with Crippen LogP contribution in [0.2, 0.25) is 0 Å². The van der Waals surface area contributed by atoms with Crippen LogP contribution in [0.3, 0.4) is 0 Å². The Morgan fingerprint density at radius 3 is 2.52 bits per heavy atom. The highest BCUT2D eigenvalue weighted by Gasteiger charge is 2.06. The summed E-state index contributed by atoms with van der Waals surface area (Å²) in [6, 6.07) is 11.3. The molecule has 3 N–H and O–H groups in total. The van der Waals surface area contributed by atoms with Crippen molar-refractivity contribution < 1.29 is 18.3 Å². The number of aromatic hydroxyl groups is 1. The summed E-state index contributed by atoms with van der Waals surface area (Å²) in [6.45, 7) is 0.505. The molecule has 2 aromatic rings. The van der Waals surface area contributed by atoms with Crippen LogP contribution >= 0.6 is 0 Å². The zero-order valence-electron chi connectivity index (χ0n) is 12.6. The Morgan fingerprint density at radius 1 is 1.22 bits per heavy atom. The van der Waals surface area contributed by atoms with Gasteiger partial charge in [0.25, 0.3) is 0 Å². The van der Waals surface area contributed by atoms with E-state index in [1.165, 1.54) is 12.1 Å². The number of aliphatic imine (C=N–C) groups is 1. The second kappa shape index (κ2) is 7.26. The number of nitrogens with two attached hydrogens (primary N) is 1. The van der Waals surface area contributed by atoms with Crippen molar-refractivity contribution in [2.45, 2.75) is 11.3 Å². The molecule has 0 aliphatic rings. The second-order valence-electron chi connectivity index (χ2n) is 4.90. The topological polar surface area (TPSA) is 102 Å². The molecule has 0 aliphatic carbocycles. The Morgan fingerprint density at radius 2 is 1.91 bits per heavy atom. The predicted octanol–water partition coefficient (Wildman–Crippen LogP) is 1.71. The third-order valence-electron chi connectivity index (χ3n) is 3.25. The third kappa shape index (κ3) is 4.80. The van der Waals surface area contributed by atoms with E-state index >= 15 is 0 Å². The quantitative estimate of drug-likeness (QED) is 0.785. The summed E-state index contributed by atoms with van der Waals surface area (Å²) >= 11 is 0. The van der Waals surface area contributed by atoms with E-state index in [2.05, 4.69) is 4.99 Å². The average Bonchev–Trinajstić information content (AvgIpc) is 2.52. The normalized spacial score (nSPS) is 11.7. The highest BCUT2D eigenvalue weighted by molar-refractivity contribution is 7.89. The third-order valence-corrected chi connectivity index (χ3v) is 4.18. The molecular formula is C16H18N2O4S. The van der Waals surface area contributed by atoms with Crippen molar-refractivity contribution in [2.75, 3.05) is 13.7 Å². The first-order valence-corrected chi connectivity index (χ1v) is 8.43. The van der Waals surface area contributed by atoms with Crippen LogP contribution in [0.1, 0.15) is 11.1 Å². The van der Waals surface area contributed by atoms with Gasteiger partial charge in [-0.25, -0.2) is 13.6 Å². The molecule has 122 valence electrons. The van der Waals surface area contributed by atoms with Gasteiger partial charge in [-0.3, -0.25) is 4.99 Å². The average molecular weight is 334 g/mol. The van der Waals surface area contributed by atoms with Gasteiger partial charge in [0.05, 0.1) is 12.0 Å². The standard InChI is InChI=1S/C16H18N2O4S/c1-22-14-4-7-16(19)13(10-14)11-18-9-8-12-2-5-15(6-3-12)23(17,20)21/h2-7,10-11,19H,8-9H2,1H3,(H2,17,20,21). The highest BCUT2D eigenvalue weighted by Crippen LogP contribution is 2.21. The molecule has 7 heteroatoms. The predicted molar refractivity (Wildman–Crippen MR) is 88.6 cm³/mol. The molecule has 0 bridgehead atoms. The maximum absolute atomic E-state index is 11.2. The van der Waals surface area contributed by atoms with Crippen LogP contribution in [-0.4, -0.2) is 33.4 Å². The van der Waals surface area contributed by atoms with Crippen LogP contribution in [0.4, 0.5) is 0 Å². The van der Waals surface area contributed by atoms with Gasteiger partial charge >= 0.3 is 0 Å². The molecule has 0 heterocycles. The molecule has 23 heavy (non-hydrogen) atoms. The minimum Gasteiger partial charge on any atom is -0.507 e. The Bertz CT molecular complexity index is 799. The summed E-state index contributed by atoms with van der Waals surface area (Å²) in [6.07, 6.45) is 2.22. The molecule has 0 unspecified atom stereocenters. The lowest BCUT2D eigenvalue weighted by Gasteiger charge is -2.03. The van der Waals surface area contributed by atoms with Gasteiger partial charge in [-0.15, -0.1) is 0 Å². The molecule has 2 rings (SSSR count). The van der Waals surface area contributed by atoms with Crippen LogP contribution in [-0.2, 0) is 16.4 Å². The number of phenolic OH excluding ortho intramolecular Hbond substituents is 1. The maximum Gasteiger partial charge on any atom is 0.238 e. The molecule has 0 amide bonds. The lowest BCUT2D eigenvalue weighted by atomic mass is 10.1. The number of benzene rings is 2. The number of ether oxygens (including phenoxy) is 1. The van der Waals surface area contributed by atoms with E-state index in [4.69, 9.17) is 9.88 Å². The van der Waals surface area contributed by atoms with E-state index in [-0.39, 0.29) is 10.6 Å². The first-order chi connectivity index (χ1) is 10.9. The molecule has 2 aromatic carbocycles. The van der Waals surface area contributed by atoms with Crippen molar-refractivity contribution in [1.29, 1.82) is 0 Å². The second-order valence-corrected chi connectivity index (χ2v) is 6.46. The van der Waals surface area contributed by atoms with Gasteiger partial charge in [0.2, 0.25) is 10.0 Å². The Kier molecular flexibility index (Phi) is 5.36. The Balaban J connectivity index is 1.97. The first-order valence-electron chi connectivity index (χ1n) is 6.89. The van der Waals surface area contributed by atoms with Gasteiger partial charge in [0, 0.05) is 18.3 Å². The van der Waals surface area contributed by atoms with Crippen molar-refractivity contribution >= 4 is 16.2 Å². The van der Waals surface area contributed by atoms with Crippen LogP contribution in [0, 0.1) is 0 Å². The fraction of sp³-hybridized carbons (Fsp3) is 0.188. The summed E-state index contributed by atoms with van der Waals surface area (Å²) in [4.78, 5) is 4.35. The Hall–Kier alpha value is -2.38. The van der Waals surface area contributed by atoms with Crippen molar-refractivity contribution in [3.8, 4) is 11.5 Å². The van der Waals surface area contributed by atoms with Gasteiger partial charge in [-0.1, -0.05) is 12.1 Å². The SMILES string of the molecule is COc1ccc(O)c(C=NCCc2ccc(S(N)(=O)=O)cc2)c1. The number of hydrogen-bond acceptors (Lipinski definition) is 5. The minimum absolute atomic E-state index is 0.0889. The van der Waals surface area contributed by atoms with Crippen LogP contribution in [0.25, 0.3) is 0 Å². The zero-order chi connectivity index (χ0) is 16.9. The van der Waals surface area contributed by atoms with Gasteiger partial charge in [-0.2, -0.15) is 0 Å². The van der Waals surface area contributed by atoms with Crippen LogP contribution < -0.4 is 9.88 Å². The summed E-state index contributed by atoms with van der Waals surface area (Å²) in [5, 5.41) is 14.8. The number of nitrogens with zero attached hydrogens (tertiary/aromatic N) is 1. The molecular weight excluding hydrogens is 316 g/mol. The fourth-order valence-corrected chi connectivity index (χ4v) is 2.48. The van der Waals surface area contributed by atoms with Crippen LogP contribution in [0.15, 0.2) is 52.4 Å². The maximum atomic E-state index is 11.2. The molecule has 0 radical (unpaired) electrons. The molecule has 0 fully saturated rings. The molecule has 6 nitrogen and oxygen atoms in total. The first kappa shape index (κ1) is 17.0. The molecule has 0 saturated carbocycles. The lowest BCUT2D eigenvalue weighted by Crippen LogP contribution is -2.11. The smallest absolute Gasteiger partial charge is 0.238 e. The highest BCUT2D eigenvalue weighted by atomic mass is 32.2. The monoisotopic (exact) mass is 334 g/mol. The summed E-state index contributed by atoms with van der Waals surface area (Å²) in [7, 11) is -2.11. The zero-order valence-corrected chi connectivity index (χ0v) is 13.5. The number of methoxy groups -OCH3 is 1. The number of sulfonamides is 1. The van der Waals surface area contributed by atoms with Gasteiger partial charge in [0.15, 0.2) is 0 Å². The summed E-state index contributed by atoms with van der Waals surface area (Å²) in [5.74, 6) is 0.773. The van der Waals surface area contributed by atoms with Gasteiger partial charge < -0.3 is 9.84 Å². The number of hydrogen-bond donors (Lipinski definition) is 2. The molecule has 0 atom stereocenters. The lowest BCUT2D eigenvalue weighted by molar-refractivity contribution is 0.412. The van der Waals surface area contributed by atoms with E-state index in [9.17, 15) is 13.5 Å². The van der Waals surface area contributed by atoms with E-state index in [1.54, 1.807) is 43.7 Å². The van der Waals surface area contributed by atoms with E-state index < -0.39 is 10.0 Å².